The van der Waals surface area contributed by atoms with E-state index in [0.29, 0.717) is 17.2 Å². The van der Waals surface area contributed by atoms with Crippen LogP contribution >= 0.6 is 0 Å². The van der Waals surface area contributed by atoms with Gasteiger partial charge in [0.05, 0.1) is 23.9 Å². The van der Waals surface area contributed by atoms with Crippen molar-refractivity contribution in [2.75, 3.05) is 18.1 Å². The van der Waals surface area contributed by atoms with Crippen molar-refractivity contribution < 1.29 is 15.0 Å². The summed E-state index contributed by atoms with van der Waals surface area (Å²) in [6.07, 6.45) is 0.985. The molecule has 0 bridgehead atoms. The van der Waals surface area contributed by atoms with Crippen LogP contribution in [0.3, 0.4) is 0 Å². The third kappa shape index (κ3) is 2.13. The van der Waals surface area contributed by atoms with Crippen molar-refractivity contribution >= 4 is 11.7 Å². The molecular weight excluding hydrogens is 218 g/mol. The summed E-state index contributed by atoms with van der Waals surface area (Å²) in [5, 5.41) is 18.6. The minimum absolute atomic E-state index is 0.0236. The van der Waals surface area contributed by atoms with Crippen LogP contribution in [0.5, 0.6) is 0 Å². The Labute approximate surface area is 100 Å². The van der Waals surface area contributed by atoms with E-state index in [9.17, 15) is 9.90 Å². The molecule has 1 aromatic rings. The number of hydrogen-bond donors (Lipinski definition) is 2. The van der Waals surface area contributed by atoms with Gasteiger partial charge in [-0.05, 0) is 24.5 Å². The highest BCUT2D eigenvalue weighted by Gasteiger charge is 2.32. The lowest BCUT2D eigenvalue weighted by molar-refractivity contribution is 0.0697. The number of benzene rings is 1. The molecule has 1 aliphatic rings. The van der Waals surface area contributed by atoms with E-state index in [0.717, 1.165) is 13.0 Å². The van der Waals surface area contributed by atoms with E-state index >= 15 is 0 Å². The third-order valence-corrected chi connectivity index (χ3v) is 3.51. The minimum Gasteiger partial charge on any atom is -0.478 e. The summed E-state index contributed by atoms with van der Waals surface area (Å²) in [5.74, 6) is -0.529. The zero-order chi connectivity index (χ0) is 12.4. The number of rotatable bonds is 3. The first kappa shape index (κ1) is 11.9. The molecule has 92 valence electrons. The average molecular weight is 235 g/mol. The zero-order valence-electron chi connectivity index (χ0n) is 9.84. The van der Waals surface area contributed by atoms with Gasteiger partial charge < -0.3 is 15.1 Å². The first-order chi connectivity index (χ1) is 8.15. The lowest BCUT2D eigenvalue weighted by atomic mass is 10.0. The summed E-state index contributed by atoms with van der Waals surface area (Å²) in [5.41, 5.74) is 1.02. The Morgan fingerprint density at radius 1 is 1.47 bits per heavy atom. The Kier molecular flexibility index (Phi) is 3.33. The second-order valence-electron chi connectivity index (χ2n) is 4.53. The molecule has 0 aliphatic carbocycles. The van der Waals surface area contributed by atoms with Crippen molar-refractivity contribution in [3.8, 4) is 0 Å². The molecule has 1 aromatic carbocycles. The molecule has 2 unspecified atom stereocenters. The highest BCUT2D eigenvalue weighted by Crippen LogP contribution is 2.31. The highest BCUT2D eigenvalue weighted by molar-refractivity contribution is 5.94. The molecule has 1 heterocycles. The van der Waals surface area contributed by atoms with Gasteiger partial charge in [-0.1, -0.05) is 19.1 Å². The number of carboxylic acids is 1. The molecule has 2 rings (SSSR count). The molecule has 1 saturated heterocycles. The Hall–Kier alpha value is -1.55. The number of carboxylic acid groups (broad SMARTS) is 1. The molecule has 0 saturated carbocycles. The first-order valence-electron chi connectivity index (χ1n) is 5.85. The first-order valence-corrected chi connectivity index (χ1v) is 5.85. The van der Waals surface area contributed by atoms with Crippen LogP contribution in [0.2, 0.25) is 0 Å². The van der Waals surface area contributed by atoms with Gasteiger partial charge in [0.2, 0.25) is 0 Å². The quantitative estimate of drug-likeness (QED) is 0.835. The van der Waals surface area contributed by atoms with Crippen LogP contribution in [-0.2, 0) is 0 Å². The van der Waals surface area contributed by atoms with Crippen molar-refractivity contribution in [1.82, 2.24) is 0 Å². The van der Waals surface area contributed by atoms with Crippen LogP contribution in [0, 0.1) is 5.92 Å². The SMILES string of the molecule is CC1CCN(c2ccccc2C(=O)O)C1CO. The number of hydrogen-bond acceptors (Lipinski definition) is 3. The van der Waals surface area contributed by atoms with Gasteiger partial charge in [0, 0.05) is 6.54 Å². The topological polar surface area (TPSA) is 60.8 Å². The van der Waals surface area contributed by atoms with Crippen LogP contribution in [0.25, 0.3) is 0 Å². The van der Waals surface area contributed by atoms with Crippen LogP contribution in [0.15, 0.2) is 24.3 Å². The molecule has 0 aromatic heterocycles. The Morgan fingerprint density at radius 2 is 2.18 bits per heavy atom. The third-order valence-electron chi connectivity index (χ3n) is 3.51. The number of para-hydroxylation sites is 1. The maximum atomic E-state index is 11.2. The number of aliphatic hydroxyl groups excluding tert-OH is 1. The Morgan fingerprint density at radius 3 is 2.82 bits per heavy atom. The average Bonchev–Trinajstić information content (AvgIpc) is 2.70. The van der Waals surface area contributed by atoms with Gasteiger partial charge in [0.25, 0.3) is 0 Å². The van der Waals surface area contributed by atoms with Gasteiger partial charge >= 0.3 is 5.97 Å². The molecule has 2 atom stereocenters. The van der Waals surface area contributed by atoms with E-state index in [1.165, 1.54) is 0 Å². The highest BCUT2D eigenvalue weighted by atomic mass is 16.4. The van der Waals surface area contributed by atoms with Gasteiger partial charge in [0.15, 0.2) is 0 Å². The fourth-order valence-corrected chi connectivity index (χ4v) is 2.49. The maximum Gasteiger partial charge on any atom is 0.337 e. The molecule has 1 aliphatic heterocycles. The monoisotopic (exact) mass is 235 g/mol. The van der Waals surface area contributed by atoms with E-state index < -0.39 is 5.97 Å². The number of aromatic carboxylic acids is 1. The van der Waals surface area contributed by atoms with Gasteiger partial charge in [-0.15, -0.1) is 0 Å². The van der Waals surface area contributed by atoms with Crippen LogP contribution in [-0.4, -0.2) is 35.4 Å². The summed E-state index contributed by atoms with van der Waals surface area (Å²) in [4.78, 5) is 13.2. The molecule has 17 heavy (non-hydrogen) atoms. The van der Waals surface area contributed by atoms with Gasteiger partial charge in [-0.25, -0.2) is 4.79 Å². The minimum atomic E-state index is -0.920. The Balaban J connectivity index is 2.37. The molecular formula is C13H17NO3. The van der Waals surface area contributed by atoms with Crippen molar-refractivity contribution in [3.63, 3.8) is 0 Å². The van der Waals surface area contributed by atoms with Crippen LogP contribution in [0.4, 0.5) is 5.69 Å². The van der Waals surface area contributed by atoms with E-state index in [1.54, 1.807) is 12.1 Å². The van der Waals surface area contributed by atoms with E-state index in [-0.39, 0.29) is 12.6 Å². The summed E-state index contributed by atoms with van der Waals surface area (Å²) in [6, 6.07) is 6.99. The van der Waals surface area contributed by atoms with Crippen LogP contribution in [0.1, 0.15) is 23.7 Å². The second-order valence-corrected chi connectivity index (χ2v) is 4.53. The van der Waals surface area contributed by atoms with Crippen molar-refractivity contribution in [3.05, 3.63) is 29.8 Å². The summed E-state index contributed by atoms with van der Waals surface area (Å²) >= 11 is 0. The number of nitrogens with zero attached hydrogens (tertiary/aromatic N) is 1. The normalized spacial score (nSPS) is 24.0. The van der Waals surface area contributed by atoms with Gasteiger partial charge in [0.1, 0.15) is 0 Å². The fraction of sp³-hybridized carbons (Fsp3) is 0.462. The molecule has 1 fully saturated rings. The van der Waals surface area contributed by atoms with E-state index in [1.807, 2.05) is 17.0 Å². The van der Waals surface area contributed by atoms with Crippen molar-refractivity contribution in [1.29, 1.82) is 0 Å². The molecule has 0 radical (unpaired) electrons. The molecule has 4 nitrogen and oxygen atoms in total. The Bertz CT molecular complexity index is 419. The predicted octanol–water partition coefficient (Wildman–Crippen LogP) is 1.59. The maximum absolute atomic E-state index is 11.2. The van der Waals surface area contributed by atoms with E-state index in [2.05, 4.69) is 6.92 Å². The smallest absolute Gasteiger partial charge is 0.337 e. The standard InChI is InChI=1S/C13H17NO3/c1-9-6-7-14(12(9)8-15)11-5-3-2-4-10(11)13(16)17/h2-5,9,12,15H,6-8H2,1H3,(H,16,17). The molecule has 2 N–H and O–H groups in total. The van der Waals surface area contributed by atoms with Crippen molar-refractivity contribution in [2.45, 2.75) is 19.4 Å². The largest absolute Gasteiger partial charge is 0.478 e. The molecule has 0 amide bonds. The number of anilines is 1. The predicted molar refractivity (Wildman–Crippen MR) is 65.4 cm³/mol. The lowest BCUT2D eigenvalue weighted by Crippen LogP contribution is -2.36. The molecule has 0 spiro atoms. The van der Waals surface area contributed by atoms with Gasteiger partial charge in [-0.2, -0.15) is 0 Å². The number of aliphatic hydroxyl groups is 1. The van der Waals surface area contributed by atoms with E-state index in [4.69, 9.17) is 5.11 Å². The summed E-state index contributed by atoms with van der Waals surface area (Å²) in [7, 11) is 0. The lowest BCUT2D eigenvalue weighted by Gasteiger charge is -2.28. The fourth-order valence-electron chi connectivity index (χ4n) is 2.49. The number of carbonyl (C=O) groups is 1. The summed E-state index contributed by atoms with van der Waals surface area (Å²) < 4.78 is 0. The van der Waals surface area contributed by atoms with Gasteiger partial charge in [-0.3, -0.25) is 0 Å². The van der Waals surface area contributed by atoms with Crippen LogP contribution < -0.4 is 4.90 Å². The second kappa shape index (κ2) is 4.75. The summed E-state index contributed by atoms with van der Waals surface area (Å²) in [6.45, 7) is 2.95. The zero-order valence-corrected chi connectivity index (χ0v) is 9.84. The van der Waals surface area contributed by atoms with Crippen molar-refractivity contribution in [2.24, 2.45) is 5.92 Å². The molecule has 4 heteroatoms.